The predicted octanol–water partition coefficient (Wildman–Crippen LogP) is 3.00. The fourth-order valence-electron chi connectivity index (χ4n) is 2.11. The molecule has 0 bridgehead atoms. The fourth-order valence-corrected chi connectivity index (χ4v) is 2.82. The van der Waals surface area contributed by atoms with Crippen LogP contribution >= 0.6 is 11.8 Å². The van der Waals surface area contributed by atoms with Crippen LogP contribution in [0, 0.1) is 0 Å². The first-order chi connectivity index (χ1) is 8.65. The molecule has 0 spiro atoms. The van der Waals surface area contributed by atoms with Gasteiger partial charge in [-0.1, -0.05) is 18.2 Å². The third kappa shape index (κ3) is 2.38. The van der Waals surface area contributed by atoms with Crippen molar-refractivity contribution in [2.45, 2.75) is 13.0 Å². The molecule has 1 aromatic carbocycles. The van der Waals surface area contributed by atoms with Crippen LogP contribution in [0.4, 0.5) is 11.4 Å². The standard InChI is InChI=1S/C14H19N3S/c1-10(9-18-3)17(2)14-11-6-4-5-7-13(11)16-8-12(14)15/h4-8,10H,9,15H2,1-3H3. The van der Waals surface area contributed by atoms with E-state index in [0.717, 1.165) is 28.0 Å². The second-order valence-electron chi connectivity index (χ2n) is 4.49. The van der Waals surface area contributed by atoms with Crippen LogP contribution in [0.15, 0.2) is 30.5 Å². The molecule has 0 saturated heterocycles. The highest BCUT2D eigenvalue weighted by Crippen LogP contribution is 2.31. The zero-order chi connectivity index (χ0) is 13.1. The van der Waals surface area contributed by atoms with Crippen LogP contribution < -0.4 is 10.6 Å². The van der Waals surface area contributed by atoms with E-state index in [9.17, 15) is 0 Å². The Kier molecular flexibility index (Phi) is 3.97. The molecule has 0 aliphatic rings. The SMILES string of the molecule is CSCC(C)N(C)c1c(N)cnc2ccccc12. The first-order valence-corrected chi connectivity index (χ1v) is 7.39. The van der Waals surface area contributed by atoms with Crippen molar-refractivity contribution in [3.63, 3.8) is 0 Å². The molecule has 0 aliphatic carbocycles. The topological polar surface area (TPSA) is 42.1 Å². The molecule has 3 nitrogen and oxygen atoms in total. The molecule has 1 aromatic heterocycles. The monoisotopic (exact) mass is 261 g/mol. The molecule has 1 unspecified atom stereocenters. The number of anilines is 2. The van der Waals surface area contributed by atoms with Crippen LogP contribution in [0.2, 0.25) is 0 Å². The van der Waals surface area contributed by atoms with Gasteiger partial charge in [-0.3, -0.25) is 4.98 Å². The summed E-state index contributed by atoms with van der Waals surface area (Å²) in [6, 6.07) is 8.57. The van der Waals surface area contributed by atoms with Gasteiger partial charge in [0.1, 0.15) is 0 Å². The van der Waals surface area contributed by atoms with E-state index in [1.807, 2.05) is 30.0 Å². The van der Waals surface area contributed by atoms with Gasteiger partial charge in [0.2, 0.25) is 0 Å². The number of nitrogens with zero attached hydrogens (tertiary/aromatic N) is 2. The van der Waals surface area contributed by atoms with Crippen LogP contribution in [0.1, 0.15) is 6.92 Å². The van der Waals surface area contributed by atoms with Gasteiger partial charge in [-0.25, -0.2) is 0 Å². The molecule has 2 rings (SSSR count). The average molecular weight is 261 g/mol. The minimum atomic E-state index is 0.438. The molecule has 1 heterocycles. The normalized spacial score (nSPS) is 12.6. The number of pyridine rings is 1. The number of aromatic nitrogens is 1. The smallest absolute Gasteiger partial charge is 0.0745 e. The van der Waals surface area contributed by atoms with Gasteiger partial charge in [-0.05, 0) is 19.2 Å². The number of rotatable bonds is 4. The Morgan fingerprint density at radius 1 is 1.39 bits per heavy atom. The van der Waals surface area contributed by atoms with Crippen LogP contribution in [0.25, 0.3) is 10.9 Å². The second-order valence-corrected chi connectivity index (χ2v) is 5.41. The van der Waals surface area contributed by atoms with E-state index < -0.39 is 0 Å². The molecular weight excluding hydrogens is 242 g/mol. The second kappa shape index (κ2) is 5.48. The summed E-state index contributed by atoms with van der Waals surface area (Å²) in [7, 11) is 2.10. The maximum absolute atomic E-state index is 6.11. The van der Waals surface area contributed by atoms with Crippen molar-refractivity contribution in [1.82, 2.24) is 4.98 Å². The number of nitrogens with two attached hydrogens (primary N) is 1. The molecule has 0 amide bonds. The van der Waals surface area contributed by atoms with Crippen LogP contribution in [0.5, 0.6) is 0 Å². The van der Waals surface area contributed by atoms with Gasteiger partial charge in [-0.15, -0.1) is 0 Å². The maximum atomic E-state index is 6.11. The maximum Gasteiger partial charge on any atom is 0.0745 e. The largest absolute Gasteiger partial charge is 0.396 e. The highest BCUT2D eigenvalue weighted by molar-refractivity contribution is 7.98. The number of thioether (sulfide) groups is 1. The zero-order valence-corrected chi connectivity index (χ0v) is 11.9. The minimum absolute atomic E-state index is 0.438. The van der Waals surface area contributed by atoms with E-state index in [0.29, 0.717) is 6.04 Å². The van der Waals surface area contributed by atoms with Gasteiger partial charge < -0.3 is 10.6 Å². The number of nitrogen functional groups attached to an aromatic ring is 1. The van der Waals surface area contributed by atoms with Gasteiger partial charge in [0, 0.05) is 24.2 Å². The fraction of sp³-hybridized carbons (Fsp3) is 0.357. The molecule has 2 aromatic rings. The first-order valence-electron chi connectivity index (χ1n) is 6.00. The van der Waals surface area contributed by atoms with Crippen molar-refractivity contribution in [2.75, 3.05) is 29.7 Å². The Morgan fingerprint density at radius 2 is 2.11 bits per heavy atom. The van der Waals surface area contributed by atoms with E-state index >= 15 is 0 Å². The Bertz CT molecular complexity index is 542. The highest BCUT2D eigenvalue weighted by Gasteiger charge is 2.15. The third-order valence-corrected chi connectivity index (χ3v) is 4.01. The van der Waals surface area contributed by atoms with Crippen molar-refractivity contribution in [1.29, 1.82) is 0 Å². The number of hydrogen-bond acceptors (Lipinski definition) is 4. The van der Waals surface area contributed by atoms with Crippen LogP contribution in [0.3, 0.4) is 0 Å². The van der Waals surface area contributed by atoms with Gasteiger partial charge in [-0.2, -0.15) is 11.8 Å². The lowest BCUT2D eigenvalue weighted by Gasteiger charge is -2.28. The summed E-state index contributed by atoms with van der Waals surface area (Å²) in [4.78, 5) is 6.62. The van der Waals surface area contributed by atoms with E-state index in [2.05, 4.69) is 36.2 Å². The third-order valence-electron chi connectivity index (χ3n) is 3.20. The van der Waals surface area contributed by atoms with E-state index in [4.69, 9.17) is 5.73 Å². The van der Waals surface area contributed by atoms with Crippen molar-refractivity contribution < 1.29 is 0 Å². The predicted molar refractivity (Wildman–Crippen MR) is 82.4 cm³/mol. The van der Waals surface area contributed by atoms with Crippen LogP contribution in [-0.4, -0.2) is 30.1 Å². The molecule has 4 heteroatoms. The summed E-state index contributed by atoms with van der Waals surface area (Å²) < 4.78 is 0. The zero-order valence-electron chi connectivity index (χ0n) is 11.1. The first kappa shape index (κ1) is 13.0. The molecule has 0 radical (unpaired) electrons. The molecule has 2 N–H and O–H groups in total. The molecule has 0 fully saturated rings. The van der Waals surface area contributed by atoms with Crippen molar-refractivity contribution in [2.24, 2.45) is 0 Å². The van der Waals surface area contributed by atoms with Crippen LogP contribution in [-0.2, 0) is 0 Å². The molecule has 1 atom stereocenters. The van der Waals surface area contributed by atoms with Crippen molar-refractivity contribution >= 4 is 34.0 Å². The van der Waals surface area contributed by atoms with Gasteiger partial charge >= 0.3 is 0 Å². The number of fused-ring (bicyclic) bond motifs is 1. The van der Waals surface area contributed by atoms with E-state index in [1.165, 1.54) is 0 Å². The molecule has 0 aliphatic heterocycles. The van der Waals surface area contributed by atoms with Gasteiger partial charge in [0.15, 0.2) is 0 Å². The minimum Gasteiger partial charge on any atom is -0.396 e. The Balaban J connectivity index is 2.51. The Hall–Kier alpha value is -1.42. The van der Waals surface area contributed by atoms with Crippen molar-refractivity contribution in [3.8, 4) is 0 Å². The number of benzene rings is 1. The molecule has 18 heavy (non-hydrogen) atoms. The highest BCUT2D eigenvalue weighted by atomic mass is 32.2. The lowest BCUT2D eigenvalue weighted by atomic mass is 10.1. The number of hydrogen-bond donors (Lipinski definition) is 1. The summed E-state index contributed by atoms with van der Waals surface area (Å²) in [6.45, 7) is 2.21. The Labute approximate surface area is 112 Å². The molecular formula is C14H19N3S. The van der Waals surface area contributed by atoms with Gasteiger partial charge in [0.25, 0.3) is 0 Å². The summed E-state index contributed by atoms with van der Waals surface area (Å²) >= 11 is 1.85. The summed E-state index contributed by atoms with van der Waals surface area (Å²) in [5.41, 5.74) is 8.93. The quantitative estimate of drug-likeness (QED) is 0.918. The lowest BCUT2D eigenvalue weighted by molar-refractivity contribution is 0.769. The van der Waals surface area contributed by atoms with E-state index in [1.54, 1.807) is 6.20 Å². The molecule has 96 valence electrons. The summed E-state index contributed by atoms with van der Waals surface area (Å²) in [6.07, 6.45) is 3.87. The summed E-state index contributed by atoms with van der Waals surface area (Å²) in [5, 5.41) is 1.12. The van der Waals surface area contributed by atoms with E-state index in [-0.39, 0.29) is 0 Å². The Morgan fingerprint density at radius 3 is 2.83 bits per heavy atom. The van der Waals surface area contributed by atoms with Crippen molar-refractivity contribution in [3.05, 3.63) is 30.5 Å². The summed E-state index contributed by atoms with van der Waals surface area (Å²) in [5.74, 6) is 1.08. The average Bonchev–Trinajstić information content (AvgIpc) is 2.38. The number of para-hydroxylation sites is 1. The molecule has 0 saturated carbocycles. The van der Waals surface area contributed by atoms with Gasteiger partial charge in [0.05, 0.1) is 23.1 Å². The lowest BCUT2D eigenvalue weighted by Crippen LogP contribution is -2.31.